The molecule has 4 heteroatoms. The zero-order chi connectivity index (χ0) is 17.2. The summed E-state index contributed by atoms with van der Waals surface area (Å²) in [4.78, 5) is 4.52. The van der Waals surface area contributed by atoms with Gasteiger partial charge in [0.1, 0.15) is 0 Å². The summed E-state index contributed by atoms with van der Waals surface area (Å²) >= 11 is 0. The van der Waals surface area contributed by atoms with Crippen molar-refractivity contribution in [3.63, 3.8) is 0 Å². The van der Waals surface area contributed by atoms with Crippen molar-refractivity contribution in [3.8, 4) is 22.8 Å². The maximum atomic E-state index is 5.41. The van der Waals surface area contributed by atoms with Crippen LogP contribution in [0.15, 0.2) is 53.1 Å². The van der Waals surface area contributed by atoms with Gasteiger partial charge in [-0.05, 0) is 43.4 Å². The molecule has 0 aliphatic heterocycles. The lowest BCUT2D eigenvalue weighted by Gasteiger charge is -2.33. The van der Waals surface area contributed by atoms with Crippen LogP contribution in [0.5, 0.6) is 0 Å². The van der Waals surface area contributed by atoms with E-state index in [0.29, 0.717) is 17.8 Å². The lowest BCUT2D eigenvalue weighted by molar-refractivity contribution is 0.240. The lowest BCUT2D eigenvalue weighted by Crippen LogP contribution is -2.39. The molecular weight excluding hydrogens is 310 g/mol. The van der Waals surface area contributed by atoms with Crippen LogP contribution in [-0.4, -0.2) is 16.2 Å². The largest absolute Gasteiger partial charge is 0.334 e. The molecule has 1 heterocycles. The normalized spacial score (nSPS) is 19.6. The second kappa shape index (κ2) is 6.81. The molecule has 1 aliphatic rings. The van der Waals surface area contributed by atoms with Gasteiger partial charge in [0.25, 0.3) is 5.89 Å². The summed E-state index contributed by atoms with van der Waals surface area (Å²) in [5.74, 6) is 2.06. The van der Waals surface area contributed by atoms with Gasteiger partial charge in [-0.1, -0.05) is 54.0 Å². The van der Waals surface area contributed by atoms with Gasteiger partial charge in [-0.25, -0.2) is 0 Å². The van der Waals surface area contributed by atoms with Gasteiger partial charge in [0.15, 0.2) is 0 Å². The highest BCUT2D eigenvalue weighted by Gasteiger charge is 2.24. The van der Waals surface area contributed by atoms with Crippen LogP contribution in [0.3, 0.4) is 0 Å². The van der Waals surface area contributed by atoms with Gasteiger partial charge in [0.05, 0.1) is 0 Å². The molecule has 0 amide bonds. The maximum Gasteiger partial charge on any atom is 0.258 e. The quantitative estimate of drug-likeness (QED) is 0.741. The standard InChI is InChI=1S/C21H23N3O/c1-14-3-7-18(8-4-14)21-23-20(24-25-21)17-9-5-16(6-10-17)13-22-19-11-15(2)12-19/h3-10,15,19,22H,11-13H2,1-2H3. The highest BCUT2D eigenvalue weighted by molar-refractivity contribution is 5.60. The fourth-order valence-electron chi connectivity index (χ4n) is 3.26. The van der Waals surface area contributed by atoms with Crippen molar-refractivity contribution < 1.29 is 4.52 Å². The molecule has 0 radical (unpaired) electrons. The first-order valence-corrected chi connectivity index (χ1v) is 8.91. The summed E-state index contributed by atoms with van der Waals surface area (Å²) in [5.41, 5.74) is 4.41. The van der Waals surface area contributed by atoms with Gasteiger partial charge in [-0.15, -0.1) is 0 Å². The average molecular weight is 333 g/mol. The predicted octanol–water partition coefficient (Wildman–Crippen LogP) is 4.60. The molecule has 4 rings (SSSR count). The zero-order valence-corrected chi connectivity index (χ0v) is 14.7. The lowest BCUT2D eigenvalue weighted by atomic mass is 9.82. The Hall–Kier alpha value is -2.46. The van der Waals surface area contributed by atoms with Crippen molar-refractivity contribution >= 4 is 0 Å². The summed E-state index contributed by atoms with van der Waals surface area (Å²) in [5, 5.41) is 7.72. The topological polar surface area (TPSA) is 51.0 Å². The highest BCUT2D eigenvalue weighted by Crippen LogP contribution is 2.27. The molecule has 3 aromatic rings. The van der Waals surface area contributed by atoms with Crippen LogP contribution < -0.4 is 5.32 Å². The van der Waals surface area contributed by atoms with E-state index in [1.54, 1.807) is 0 Å². The molecule has 25 heavy (non-hydrogen) atoms. The fourth-order valence-corrected chi connectivity index (χ4v) is 3.26. The summed E-state index contributed by atoms with van der Waals surface area (Å²) in [6.07, 6.45) is 2.59. The molecule has 0 bridgehead atoms. The van der Waals surface area contributed by atoms with Crippen molar-refractivity contribution in [3.05, 3.63) is 59.7 Å². The number of hydrogen-bond donors (Lipinski definition) is 1. The van der Waals surface area contributed by atoms with Crippen LogP contribution in [0, 0.1) is 12.8 Å². The molecule has 1 aliphatic carbocycles. The van der Waals surface area contributed by atoms with Crippen LogP contribution in [0.4, 0.5) is 0 Å². The predicted molar refractivity (Wildman–Crippen MR) is 98.9 cm³/mol. The first kappa shape index (κ1) is 16.0. The molecule has 1 N–H and O–H groups in total. The van der Waals surface area contributed by atoms with Crippen molar-refractivity contribution in [1.29, 1.82) is 0 Å². The molecule has 0 saturated heterocycles. The third-order valence-corrected chi connectivity index (χ3v) is 4.91. The van der Waals surface area contributed by atoms with E-state index in [1.165, 1.54) is 24.0 Å². The number of nitrogens with zero attached hydrogens (tertiary/aromatic N) is 2. The van der Waals surface area contributed by atoms with Crippen LogP contribution in [-0.2, 0) is 6.54 Å². The van der Waals surface area contributed by atoms with E-state index in [1.807, 2.05) is 24.3 Å². The van der Waals surface area contributed by atoms with E-state index in [9.17, 15) is 0 Å². The second-order valence-corrected chi connectivity index (χ2v) is 7.14. The zero-order valence-electron chi connectivity index (χ0n) is 14.7. The maximum absolute atomic E-state index is 5.41. The molecule has 4 nitrogen and oxygen atoms in total. The molecule has 0 spiro atoms. The molecule has 1 fully saturated rings. The van der Waals surface area contributed by atoms with E-state index in [-0.39, 0.29) is 0 Å². The Morgan fingerprint density at radius 1 is 1.00 bits per heavy atom. The van der Waals surface area contributed by atoms with E-state index < -0.39 is 0 Å². The van der Waals surface area contributed by atoms with E-state index in [2.05, 4.69) is 53.6 Å². The van der Waals surface area contributed by atoms with Crippen molar-refractivity contribution in [2.45, 2.75) is 39.3 Å². The third-order valence-electron chi connectivity index (χ3n) is 4.91. The number of aromatic nitrogens is 2. The monoisotopic (exact) mass is 333 g/mol. The number of aryl methyl sites for hydroxylation is 1. The first-order valence-electron chi connectivity index (χ1n) is 8.91. The number of nitrogens with one attached hydrogen (secondary N) is 1. The molecule has 2 aromatic carbocycles. The van der Waals surface area contributed by atoms with Crippen molar-refractivity contribution in [1.82, 2.24) is 15.5 Å². The minimum absolute atomic E-state index is 0.555. The Morgan fingerprint density at radius 2 is 1.68 bits per heavy atom. The van der Waals surface area contributed by atoms with Gasteiger partial charge < -0.3 is 9.84 Å². The first-order chi connectivity index (χ1) is 12.2. The van der Waals surface area contributed by atoms with Crippen LogP contribution in [0.25, 0.3) is 22.8 Å². The molecule has 0 atom stereocenters. The van der Waals surface area contributed by atoms with Gasteiger partial charge >= 0.3 is 0 Å². The van der Waals surface area contributed by atoms with Gasteiger partial charge in [-0.3, -0.25) is 0 Å². The molecular formula is C21H23N3O. The van der Waals surface area contributed by atoms with E-state index in [0.717, 1.165) is 23.6 Å². The average Bonchev–Trinajstić information content (AvgIpc) is 3.09. The van der Waals surface area contributed by atoms with Crippen LogP contribution in [0.2, 0.25) is 0 Å². The number of rotatable bonds is 5. The smallest absolute Gasteiger partial charge is 0.258 e. The Balaban J connectivity index is 1.42. The SMILES string of the molecule is Cc1ccc(-c2nc(-c3ccc(CNC4CC(C)C4)cc3)no2)cc1. The Bertz CT molecular complexity index is 830. The van der Waals surface area contributed by atoms with Gasteiger partial charge in [-0.2, -0.15) is 4.98 Å². The molecule has 1 aromatic heterocycles. The van der Waals surface area contributed by atoms with E-state index in [4.69, 9.17) is 4.52 Å². The summed E-state index contributed by atoms with van der Waals surface area (Å²) in [6.45, 7) is 5.28. The van der Waals surface area contributed by atoms with E-state index >= 15 is 0 Å². The van der Waals surface area contributed by atoms with Crippen LogP contribution >= 0.6 is 0 Å². The summed E-state index contributed by atoms with van der Waals surface area (Å²) < 4.78 is 5.41. The summed E-state index contributed by atoms with van der Waals surface area (Å²) in [7, 11) is 0. The molecule has 0 unspecified atom stereocenters. The van der Waals surface area contributed by atoms with Crippen LogP contribution in [0.1, 0.15) is 30.9 Å². The van der Waals surface area contributed by atoms with Crippen molar-refractivity contribution in [2.75, 3.05) is 0 Å². The van der Waals surface area contributed by atoms with Gasteiger partial charge in [0, 0.05) is 23.7 Å². The Morgan fingerprint density at radius 3 is 2.36 bits per heavy atom. The fraction of sp³-hybridized carbons (Fsp3) is 0.333. The Kier molecular flexibility index (Phi) is 4.36. The second-order valence-electron chi connectivity index (χ2n) is 7.14. The number of hydrogen-bond acceptors (Lipinski definition) is 4. The van der Waals surface area contributed by atoms with Gasteiger partial charge in [0.2, 0.25) is 5.82 Å². The summed E-state index contributed by atoms with van der Waals surface area (Å²) in [6, 6.07) is 17.2. The molecule has 128 valence electrons. The number of benzene rings is 2. The van der Waals surface area contributed by atoms with Crippen molar-refractivity contribution in [2.24, 2.45) is 5.92 Å². The Labute approximate surface area is 148 Å². The highest BCUT2D eigenvalue weighted by atomic mass is 16.5. The molecule has 1 saturated carbocycles. The third kappa shape index (κ3) is 3.64. The minimum atomic E-state index is 0.555. The minimum Gasteiger partial charge on any atom is -0.334 e.